The van der Waals surface area contributed by atoms with Gasteiger partial charge in [-0.05, 0) is 18.2 Å². The van der Waals surface area contributed by atoms with Gasteiger partial charge in [0.1, 0.15) is 17.3 Å². The van der Waals surface area contributed by atoms with Crippen molar-refractivity contribution in [2.45, 2.75) is 11.3 Å². The molecule has 0 aliphatic rings. The number of carbonyl (C=O) groups is 1. The number of amides is 1. The molecule has 21 heavy (non-hydrogen) atoms. The fraction of sp³-hybridized carbons (Fsp3) is 0.308. The van der Waals surface area contributed by atoms with Gasteiger partial charge in [-0.1, -0.05) is 11.8 Å². The van der Waals surface area contributed by atoms with Gasteiger partial charge in [-0.15, -0.1) is 0 Å². The number of hydrogen-bond donors (Lipinski definition) is 3. The number of hydrogen-bond acceptors (Lipinski definition) is 4. The molecule has 0 aliphatic heterocycles. The summed E-state index contributed by atoms with van der Waals surface area (Å²) in [6.45, 7) is -0.504. The second-order valence-corrected chi connectivity index (χ2v) is 5.66. The van der Waals surface area contributed by atoms with E-state index >= 15 is 0 Å². The maximum absolute atomic E-state index is 13.8. The Morgan fingerprint density at radius 2 is 2.14 bits per heavy atom. The average Bonchev–Trinajstić information content (AvgIpc) is 2.44. The maximum Gasteiger partial charge on any atom is 0.243 e. The second-order valence-electron chi connectivity index (χ2n) is 3.93. The van der Waals surface area contributed by atoms with Crippen molar-refractivity contribution in [3.05, 3.63) is 29.6 Å². The molecule has 0 saturated heterocycles. The highest BCUT2D eigenvalue weighted by Gasteiger charge is 2.19. The molecular weight excluding hydrogens is 299 g/mol. The molecule has 8 heteroatoms. The molecule has 0 bridgehead atoms. The van der Waals surface area contributed by atoms with E-state index in [0.717, 1.165) is 12.1 Å². The minimum atomic E-state index is -4.03. The van der Waals surface area contributed by atoms with Gasteiger partial charge in [0.25, 0.3) is 0 Å². The smallest absolute Gasteiger partial charge is 0.243 e. The van der Waals surface area contributed by atoms with Crippen LogP contribution in [-0.2, 0) is 14.8 Å². The SMILES string of the molecule is CNC(=O)CCNS(=O)(=O)c1ccc(C#CCO)cc1F. The molecule has 1 amide bonds. The number of sulfonamides is 1. The summed E-state index contributed by atoms with van der Waals surface area (Å²) in [5, 5.41) is 10.9. The highest BCUT2D eigenvalue weighted by Crippen LogP contribution is 2.15. The number of aliphatic hydroxyl groups is 1. The van der Waals surface area contributed by atoms with Gasteiger partial charge >= 0.3 is 0 Å². The Kier molecular flexibility index (Phi) is 6.30. The molecule has 0 radical (unpaired) electrons. The standard InChI is InChI=1S/C13H15FN2O4S/c1-15-13(18)6-7-16-21(19,20)12-5-4-10(3-2-8-17)9-11(12)14/h4-5,9,16-17H,6-8H2,1H3,(H,15,18). The quantitative estimate of drug-likeness (QED) is 0.644. The maximum atomic E-state index is 13.8. The Morgan fingerprint density at radius 1 is 1.43 bits per heavy atom. The summed E-state index contributed by atoms with van der Waals surface area (Å²) in [5.41, 5.74) is 0.255. The molecule has 1 aromatic carbocycles. The first kappa shape index (κ1) is 17.1. The van der Waals surface area contributed by atoms with E-state index in [4.69, 9.17) is 5.11 Å². The van der Waals surface area contributed by atoms with Gasteiger partial charge in [0.2, 0.25) is 15.9 Å². The van der Waals surface area contributed by atoms with Crippen LogP contribution in [0.5, 0.6) is 0 Å². The Hall–Kier alpha value is -1.95. The predicted octanol–water partition coefficient (Wildman–Crippen LogP) is -0.416. The van der Waals surface area contributed by atoms with Crippen molar-refractivity contribution in [3.8, 4) is 11.8 Å². The molecular formula is C13H15FN2O4S. The Morgan fingerprint density at radius 3 is 2.71 bits per heavy atom. The molecule has 6 nitrogen and oxygen atoms in total. The third kappa shape index (κ3) is 5.15. The van der Waals surface area contributed by atoms with Crippen LogP contribution in [0.3, 0.4) is 0 Å². The third-order valence-corrected chi connectivity index (χ3v) is 3.95. The molecule has 114 valence electrons. The van der Waals surface area contributed by atoms with E-state index in [1.165, 1.54) is 13.1 Å². The lowest BCUT2D eigenvalue weighted by Crippen LogP contribution is -2.29. The van der Waals surface area contributed by atoms with Crippen molar-refractivity contribution < 1.29 is 22.7 Å². The van der Waals surface area contributed by atoms with Crippen molar-refractivity contribution in [2.24, 2.45) is 0 Å². The molecule has 0 spiro atoms. The van der Waals surface area contributed by atoms with Crippen molar-refractivity contribution in [1.29, 1.82) is 0 Å². The van der Waals surface area contributed by atoms with Gasteiger partial charge in [-0.3, -0.25) is 4.79 Å². The molecule has 0 saturated carbocycles. The normalized spacial score (nSPS) is 10.6. The molecule has 0 atom stereocenters. The highest BCUT2D eigenvalue weighted by atomic mass is 32.2. The van der Waals surface area contributed by atoms with E-state index in [0.29, 0.717) is 0 Å². The summed E-state index contributed by atoms with van der Waals surface area (Å²) in [6, 6.07) is 3.38. The number of aliphatic hydroxyl groups excluding tert-OH is 1. The molecule has 0 fully saturated rings. The first-order valence-corrected chi connectivity index (χ1v) is 7.48. The van der Waals surface area contributed by atoms with E-state index in [1.54, 1.807) is 0 Å². The third-order valence-electron chi connectivity index (χ3n) is 2.46. The van der Waals surface area contributed by atoms with Gasteiger partial charge in [-0.25, -0.2) is 17.5 Å². The molecule has 0 heterocycles. The van der Waals surface area contributed by atoms with Crippen molar-refractivity contribution in [1.82, 2.24) is 10.0 Å². The molecule has 1 rings (SSSR count). The zero-order chi connectivity index (χ0) is 15.9. The van der Waals surface area contributed by atoms with Crippen LogP contribution >= 0.6 is 0 Å². The number of benzene rings is 1. The van der Waals surface area contributed by atoms with E-state index in [1.807, 2.05) is 0 Å². The molecule has 0 unspecified atom stereocenters. The van der Waals surface area contributed by atoms with Crippen LogP contribution in [0, 0.1) is 17.7 Å². The average molecular weight is 314 g/mol. The first-order chi connectivity index (χ1) is 9.90. The number of carbonyl (C=O) groups excluding carboxylic acids is 1. The van der Waals surface area contributed by atoms with Crippen molar-refractivity contribution in [2.75, 3.05) is 20.2 Å². The summed E-state index contributed by atoms with van der Waals surface area (Å²) >= 11 is 0. The largest absolute Gasteiger partial charge is 0.384 e. The summed E-state index contributed by atoms with van der Waals surface area (Å²) < 4.78 is 39.7. The predicted molar refractivity (Wildman–Crippen MR) is 74.2 cm³/mol. The van der Waals surface area contributed by atoms with Gasteiger partial charge < -0.3 is 10.4 Å². The Balaban J connectivity index is 2.86. The van der Waals surface area contributed by atoms with E-state index < -0.39 is 20.7 Å². The highest BCUT2D eigenvalue weighted by molar-refractivity contribution is 7.89. The van der Waals surface area contributed by atoms with Crippen LogP contribution < -0.4 is 10.0 Å². The molecule has 0 aliphatic carbocycles. The monoisotopic (exact) mass is 314 g/mol. The minimum absolute atomic E-state index is 0.0442. The van der Waals surface area contributed by atoms with Crippen LogP contribution in [-0.4, -0.2) is 39.6 Å². The van der Waals surface area contributed by atoms with Crippen LogP contribution in [0.15, 0.2) is 23.1 Å². The lowest BCUT2D eigenvalue weighted by molar-refractivity contribution is -0.120. The lowest BCUT2D eigenvalue weighted by atomic mass is 10.2. The summed E-state index contributed by atoms with van der Waals surface area (Å²) in [4.78, 5) is 10.5. The zero-order valence-corrected chi connectivity index (χ0v) is 12.1. The Bertz CT molecular complexity index is 677. The fourth-order valence-electron chi connectivity index (χ4n) is 1.44. The van der Waals surface area contributed by atoms with Crippen LogP contribution in [0.2, 0.25) is 0 Å². The van der Waals surface area contributed by atoms with E-state index in [9.17, 15) is 17.6 Å². The van der Waals surface area contributed by atoms with E-state index in [2.05, 4.69) is 21.9 Å². The van der Waals surface area contributed by atoms with Gasteiger partial charge in [0, 0.05) is 25.6 Å². The fourth-order valence-corrected chi connectivity index (χ4v) is 2.53. The van der Waals surface area contributed by atoms with E-state index in [-0.39, 0.29) is 31.0 Å². The summed E-state index contributed by atoms with van der Waals surface area (Å²) in [7, 11) is -2.60. The summed E-state index contributed by atoms with van der Waals surface area (Å²) in [6.07, 6.45) is -0.0442. The minimum Gasteiger partial charge on any atom is -0.384 e. The van der Waals surface area contributed by atoms with Crippen LogP contribution in [0.4, 0.5) is 4.39 Å². The number of halogens is 1. The number of nitrogens with one attached hydrogen (secondary N) is 2. The first-order valence-electron chi connectivity index (χ1n) is 6.00. The van der Waals surface area contributed by atoms with Crippen molar-refractivity contribution in [3.63, 3.8) is 0 Å². The topological polar surface area (TPSA) is 95.5 Å². The Labute approximate surface area is 122 Å². The lowest BCUT2D eigenvalue weighted by Gasteiger charge is -2.07. The van der Waals surface area contributed by atoms with Crippen LogP contribution in [0.25, 0.3) is 0 Å². The second kappa shape index (κ2) is 7.73. The van der Waals surface area contributed by atoms with Crippen LogP contribution in [0.1, 0.15) is 12.0 Å². The van der Waals surface area contributed by atoms with Gasteiger partial charge in [-0.2, -0.15) is 0 Å². The molecule has 0 aromatic heterocycles. The number of rotatable bonds is 5. The molecule has 3 N–H and O–H groups in total. The van der Waals surface area contributed by atoms with Gasteiger partial charge in [0.05, 0.1) is 0 Å². The van der Waals surface area contributed by atoms with Crippen molar-refractivity contribution >= 4 is 15.9 Å². The van der Waals surface area contributed by atoms with Gasteiger partial charge in [0.15, 0.2) is 0 Å². The molecule has 1 aromatic rings. The zero-order valence-electron chi connectivity index (χ0n) is 11.3. The summed E-state index contributed by atoms with van der Waals surface area (Å²) in [5.74, 6) is 3.53.